The number of ketones is 2. The van der Waals surface area contributed by atoms with Gasteiger partial charge >= 0.3 is 0 Å². The number of carbonyl (C=O) groups is 2. The molecule has 0 bridgehead atoms. The van der Waals surface area contributed by atoms with Gasteiger partial charge in [-0.25, -0.2) is 0 Å². The van der Waals surface area contributed by atoms with Gasteiger partial charge in [-0.15, -0.1) is 0 Å². The predicted octanol–water partition coefficient (Wildman–Crippen LogP) is 2.23. The second-order valence-corrected chi connectivity index (χ2v) is 4.28. The molecule has 0 radical (unpaired) electrons. The molecule has 1 aromatic carbocycles. The summed E-state index contributed by atoms with van der Waals surface area (Å²) in [7, 11) is 0. The Morgan fingerprint density at radius 2 is 1.33 bits per heavy atom. The predicted molar refractivity (Wildman–Crippen MR) is 58.4 cm³/mol. The Kier molecular flexibility index (Phi) is 2.03. The van der Waals surface area contributed by atoms with Gasteiger partial charge in [0.15, 0.2) is 0 Å². The van der Waals surface area contributed by atoms with E-state index >= 15 is 0 Å². The second-order valence-electron chi connectivity index (χ2n) is 4.28. The first kappa shape index (κ1) is 10.1. The zero-order valence-corrected chi connectivity index (χ0v) is 9.52. The van der Waals surface area contributed by atoms with Crippen molar-refractivity contribution in [1.29, 1.82) is 0 Å². The average Bonchev–Trinajstić information content (AvgIpc) is 2.50. The van der Waals surface area contributed by atoms with E-state index in [1.807, 2.05) is 27.7 Å². The van der Waals surface area contributed by atoms with Crippen LogP contribution in [0.5, 0.6) is 0 Å². The fourth-order valence-electron chi connectivity index (χ4n) is 2.30. The molecule has 0 spiro atoms. The maximum Gasteiger partial charge on any atom is 0.229 e. The number of hydrogen-bond acceptors (Lipinski definition) is 2. The minimum atomic E-state index is -0.297. The maximum absolute atomic E-state index is 11.7. The second kappa shape index (κ2) is 3.02. The number of Topliss-reactive ketones (excluding diaryl/α,β-unsaturated/α-hetero) is 2. The Hall–Kier alpha value is -1.44. The standard InChI is InChI=1S/C13H14O2/c1-6-7(2)9(4)12-10(8(6)3)5-11(14)13(12)15/h5H2,1-4H3. The van der Waals surface area contributed by atoms with Gasteiger partial charge in [-0.1, -0.05) is 0 Å². The van der Waals surface area contributed by atoms with E-state index in [2.05, 4.69) is 0 Å². The molecule has 1 aliphatic carbocycles. The van der Waals surface area contributed by atoms with Crippen LogP contribution in [0.3, 0.4) is 0 Å². The highest BCUT2D eigenvalue weighted by Crippen LogP contribution is 2.31. The van der Waals surface area contributed by atoms with E-state index in [1.165, 1.54) is 5.56 Å². The van der Waals surface area contributed by atoms with Gasteiger partial charge in [0.2, 0.25) is 11.6 Å². The molecule has 78 valence electrons. The maximum atomic E-state index is 11.7. The average molecular weight is 202 g/mol. The molecule has 0 heterocycles. The highest BCUT2D eigenvalue weighted by Gasteiger charge is 2.32. The SMILES string of the molecule is Cc1c(C)c(C)c2c(c1C)CC(=O)C2=O. The van der Waals surface area contributed by atoms with Crippen LogP contribution in [0.15, 0.2) is 0 Å². The van der Waals surface area contributed by atoms with Crippen molar-refractivity contribution in [2.45, 2.75) is 34.1 Å². The van der Waals surface area contributed by atoms with Crippen LogP contribution in [0.2, 0.25) is 0 Å². The number of carbonyl (C=O) groups excluding carboxylic acids is 2. The van der Waals surface area contributed by atoms with Crippen LogP contribution < -0.4 is 0 Å². The summed E-state index contributed by atoms with van der Waals surface area (Å²) in [6.07, 6.45) is 0.294. The zero-order chi connectivity index (χ0) is 11.3. The monoisotopic (exact) mass is 202 g/mol. The Morgan fingerprint density at radius 3 is 1.93 bits per heavy atom. The van der Waals surface area contributed by atoms with E-state index in [0.717, 1.165) is 22.3 Å². The summed E-state index contributed by atoms with van der Waals surface area (Å²) in [6.45, 7) is 7.98. The number of fused-ring (bicyclic) bond motifs is 1. The number of rotatable bonds is 0. The van der Waals surface area contributed by atoms with Gasteiger partial charge in [0.1, 0.15) is 0 Å². The minimum absolute atomic E-state index is 0.263. The first-order valence-corrected chi connectivity index (χ1v) is 5.12. The van der Waals surface area contributed by atoms with Crippen molar-refractivity contribution in [3.8, 4) is 0 Å². The van der Waals surface area contributed by atoms with Gasteiger partial charge < -0.3 is 0 Å². The summed E-state index contributed by atoms with van der Waals surface area (Å²) < 4.78 is 0. The quantitative estimate of drug-likeness (QED) is 0.604. The van der Waals surface area contributed by atoms with E-state index in [4.69, 9.17) is 0 Å². The van der Waals surface area contributed by atoms with Gasteiger partial charge in [0, 0.05) is 12.0 Å². The van der Waals surface area contributed by atoms with Crippen LogP contribution in [-0.4, -0.2) is 11.6 Å². The zero-order valence-electron chi connectivity index (χ0n) is 9.52. The van der Waals surface area contributed by atoms with Gasteiger partial charge in [-0.3, -0.25) is 9.59 Å². The number of hydrogen-bond donors (Lipinski definition) is 0. The molecule has 0 aliphatic heterocycles. The molecule has 0 saturated carbocycles. The van der Waals surface area contributed by atoms with Crippen LogP contribution in [-0.2, 0) is 11.2 Å². The molecule has 1 aliphatic rings. The summed E-state index contributed by atoms with van der Waals surface area (Å²) in [5.41, 5.74) is 6.03. The van der Waals surface area contributed by atoms with Crippen LogP contribution >= 0.6 is 0 Å². The van der Waals surface area contributed by atoms with E-state index in [9.17, 15) is 9.59 Å². The van der Waals surface area contributed by atoms with Crippen LogP contribution in [0, 0.1) is 27.7 Å². The van der Waals surface area contributed by atoms with Crippen molar-refractivity contribution in [1.82, 2.24) is 0 Å². The Morgan fingerprint density at radius 1 is 0.800 bits per heavy atom. The van der Waals surface area contributed by atoms with Crippen molar-refractivity contribution in [3.63, 3.8) is 0 Å². The lowest BCUT2D eigenvalue weighted by Crippen LogP contribution is -2.08. The third-order valence-electron chi connectivity index (χ3n) is 3.63. The van der Waals surface area contributed by atoms with Crippen molar-refractivity contribution in [3.05, 3.63) is 33.4 Å². The van der Waals surface area contributed by atoms with Gasteiger partial charge in [0.05, 0.1) is 0 Å². The van der Waals surface area contributed by atoms with E-state index < -0.39 is 0 Å². The molecule has 0 fully saturated rings. The highest BCUT2D eigenvalue weighted by molar-refractivity contribution is 6.47. The molecule has 1 aromatic rings. The lowest BCUT2D eigenvalue weighted by Gasteiger charge is -2.13. The molecule has 2 heteroatoms. The molecular weight excluding hydrogens is 188 g/mol. The van der Waals surface area contributed by atoms with E-state index in [0.29, 0.717) is 12.0 Å². The summed E-state index contributed by atoms with van der Waals surface area (Å²) in [6, 6.07) is 0. The fourth-order valence-corrected chi connectivity index (χ4v) is 2.30. The lowest BCUT2D eigenvalue weighted by atomic mass is 9.90. The molecule has 0 aromatic heterocycles. The van der Waals surface area contributed by atoms with Crippen LogP contribution in [0.4, 0.5) is 0 Å². The topological polar surface area (TPSA) is 34.1 Å². The molecule has 0 amide bonds. The minimum Gasteiger partial charge on any atom is -0.290 e. The third-order valence-corrected chi connectivity index (χ3v) is 3.63. The first-order chi connectivity index (χ1) is 6.95. The summed E-state index contributed by atoms with van der Waals surface area (Å²) >= 11 is 0. The van der Waals surface area contributed by atoms with Gasteiger partial charge in [0.25, 0.3) is 0 Å². The first-order valence-electron chi connectivity index (χ1n) is 5.12. The molecule has 15 heavy (non-hydrogen) atoms. The number of benzene rings is 1. The van der Waals surface area contributed by atoms with E-state index in [-0.39, 0.29) is 11.6 Å². The van der Waals surface area contributed by atoms with Crippen molar-refractivity contribution >= 4 is 11.6 Å². The Balaban J connectivity index is 2.86. The Bertz CT molecular complexity index is 496. The smallest absolute Gasteiger partial charge is 0.229 e. The van der Waals surface area contributed by atoms with Crippen LogP contribution in [0.25, 0.3) is 0 Å². The molecular formula is C13H14O2. The van der Waals surface area contributed by atoms with Crippen molar-refractivity contribution in [2.75, 3.05) is 0 Å². The molecule has 2 rings (SSSR count). The van der Waals surface area contributed by atoms with Gasteiger partial charge in [-0.2, -0.15) is 0 Å². The normalized spacial score (nSPS) is 14.7. The van der Waals surface area contributed by atoms with Gasteiger partial charge in [-0.05, 0) is 55.5 Å². The summed E-state index contributed by atoms with van der Waals surface area (Å²) in [4.78, 5) is 23.1. The Labute approximate surface area is 89.3 Å². The summed E-state index contributed by atoms with van der Waals surface area (Å²) in [5, 5.41) is 0. The van der Waals surface area contributed by atoms with Crippen molar-refractivity contribution in [2.24, 2.45) is 0 Å². The highest BCUT2D eigenvalue weighted by atomic mass is 16.2. The molecule has 0 saturated heterocycles. The fraction of sp³-hybridized carbons (Fsp3) is 0.385. The lowest BCUT2D eigenvalue weighted by molar-refractivity contribution is -0.114. The largest absolute Gasteiger partial charge is 0.290 e. The molecule has 0 atom stereocenters. The summed E-state index contributed by atoms with van der Waals surface area (Å²) in [5.74, 6) is -0.560. The van der Waals surface area contributed by atoms with Crippen molar-refractivity contribution < 1.29 is 9.59 Å². The van der Waals surface area contributed by atoms with Crippen LogP contribution in [0.1, 0.15) is 38.2 Å². The van der Waals surface area contributed by atoms with E-state index in [1.54, 1.807) is 0 Å². The third kappa shape index (κ3) is 1.17. The molecule has 0 N–H and O–H groups in total. The molecule has 0 unspecified atom stereocenters. The molecule has 2 nitrogen and oxygen atoms in total.